The van der Waals surface area contributed by atoms with Crippen molar-refractivity contribution in [2.45, 2.75) is 6.92 Å². The van der Waals surface area contributed by atoms with Gasteiger partial charge in [-0.05, 0) is 36.9 Å². The van der Waals surface area contributed by atoms with Gasteiger partial charge in [0, 0.05) is 11.8 Å². The average molecular weight is 346 g/mol. The number of benzene rings is 1. The minimum absolute atomic E-state index is 0.179. The Labute approximate surface area is 141 Å². The van der Waals surface area contributed by atoms with E-state index >= 15 is 0 Å². The lowest BCUT2D eigenvalue weighted by Crippen LogP contribution is -2.19. The summed E-state index contributed by atoms with van der Waals surface area (Å²) in [5, 5.41) is 3.77. The Balaban J connectivity index is 1.86. The topological polar surface area (TPSA) is 89.6 Å². The number of hydrogen-bond acceptors (Lipinski definition) is 7. The van der Waals surface area contributed by atoms with E-state index in [1.807, 2.05) is 25.1 Å². The van der Waals surface area contributed by atoms with E-state index in [9.17, 15) is 4.79 Å². The number of nitrogens with zero attached hydrogens (tertiary/aromatic N) is 2. The summed E-state index contributed by atoms with van der Waals surface area (Å²) in [6.07, 6.45) is 3.40. The number of amidine groups is 1. The van der Waals surface area contributed by atoms with Gasteiger partial charge in [0.15, 0.2) is 10.3 Å². The molecule has 0 unspecified atom stereocenters. The van der Waals surface area contributed by atoms with Gasteiger partial charge in [-0.3, -0.25) is 4.79 Å². The fraction of sp³-hybridized carbons (Fsp3) is 0.133. The van der Waals surface area contributed by atoms with E-state index in [2.05, 4.69) is 15.3 Å². The van der Waals surface area contributed by atoms with Crippen LogP contribution in [-0.2, 0) is 4.79 Å². The Morgan fingerprint density at radius 2 is 2.26 bits per heavy atom. The van der Waals surface area contributed by atoms with Crippen LogP contribution in [0, 0.1) is 6.92 Å². The Kier molecular flexibility index (Phi) is 4.35. The number of methoxy groups -OCH3 is 1. The molecule has 1 aromatic heterocycles. The van der Waals surface area contributed by atoms with Crippen LogP contribution in [0.4, 0.5) is 10.8 Å². The number of nitrogens with one attached hydrogen (secondary N) is 1. The van der Waals surface area contributed by atoms with Crippen molar-refractivity contribution >= 4 is 51.1 Å². The summed E-state index contributed by atoms with van der Waals surface area (Å²) in [7, 11) is 1.62. The predicted molar refractivity (Wildman–Crippen MR) is 95.1 cm³/mol. The van der Waals surface area contributed by atoms with Gasteiger partial charge in [0.25, 0.3) is 5.91 Å². The molecule has 0 bridgehead atoms. The van der Waals surface area contributed by atoms with Crippen LogP contribution in [0.15, 0.2) is 34.3 Å². The van der Waals surface area contributed by atoms with E-state index in [0.29, 0.717) is 15.2 Å². The number of carbonyl (C=O) groups is 1. The molecule has 2 heterocycles. The molecule has 1 saturated heterocycles. The first-order valence-electron chi connectivity index (χ1n) is 6.71. The van der Waals surface area contributed by atoms with Crippen LogP contribution in [0.25, 0.3) is 6.08 Å². The molecule has 0 atom stereocenters. The lowest BCUT2D eigenvalue weighted by atomic mass is 10.2. The average Bonchev–Trinajstić information content (AvgIpc) is 3.08. The highest BCUT2D eigenvalue weighted by molar-refractivity contribution is 8.18. The third-order valence-electron chi connectivity index (χ3n) is 3.16. The van der Waals surface area contributed by atoms with Gasteiger partial charge in [0.05, 0.1) is 22.6 Å². The van der Waals surface area contributed by atoms with Crippen molar-refractivity contribution in [1.29, 1.82) is 0 Å². The van der Waals surface area contributed by atoms with E-state index in [-0.39, 0.29) is 5.91 Å². The van der Waals surface area contributed by atoms with E-state index in [0.717, 1.165) is 21.9 Å². The van der Waals surface area contributed by atoms with E-state index in [1.54, 1.807) is 19.4 Å². The van der Waals surface area contributed by atoms with Gasteiger partial charge in [0.2, 0.25) is 0 Å². The fourth-order valence-corrected chi connectivity index (χ4v) is 3.56. The van der Waals surface area contributed by atoms with Crippen LogP contribution in [0.3, 0.4) is 0 Å². The molecule has 1 amide bonds. The molecule has 1 aromatic carbocycles. The molecular weight excluding hydrogens is 332 g/mol. The number of nitrogens with two attached hydrogens (primary N) is 1. The van der Waals surface area contributed by atoms with E-state index in [4.69, 9.17) is 10.5 Å². The third-order valence-corrected chi connectivity index (χ3v) is 4.85. The van der Waals surface area contributed by atoms with Crippen molar-refractivity contribution in [3.05, 3.63) is 39.7 Å². The number of aliphatic imine (C=N–C) groups is 1. The number of thioether (sulfide) groups is 1. The Hall–Kier alpha value is -2.32. The first-order chi connectivity index (χ1) is 11.1. The lowest BCUT2D eigenvalue weighted by Gasteiger charge is -2.06. The number of nitrogen functional groups attached to an aromatic ring is 1. The summed E-state index contributed by atoms with van der Waals surface area (Å²) in [5.74, 6) is 0.582. The molecule has 6 nitrogen and oxygen atoms in total. The SMILES string of the molecule is COc1cccc(/N=C2/NC(=O)/C(=C/c3cnc(N)s3)S2)c1C. The molecule has 0 radical (unpaired) electrons. The van der Waals surface area contributed by atoms with Crippen LogP contribution in [0.2, 0.25) is 0 Å². The van der Waals surface area contributed by atoms with E-state index in [1.165, 1.54) is 23.1 Å². The summed E-state index contributed by atoms with van der Waals surface area (Å²) < 4.78 is 5.28. The van der Waals surface area contributed by atoms with Crippen molar-refractivity contribution in [2.75, 3.05) is 12.8 Å². The maximum absolute atomic E-state index is 12.0. The van der Waals surface area contributed by atoms with Crippen LogP contribution in [0.5, 0.6) is 5.75 Å². The van der Waals surface area contributed by atoms with Crippen LogP contribution in [-0.4, -0.2) is 23.2 Å². The number of thiazole rings is 1. The highest BCUT2D eigenvalue weighted by Gasteiger charge is 2.24. The predicted octanol–water partition coefficient (Wildman–Crippen LogP) is 2.93. The van der Waals surface area contributed by atoms with Crippen LogP contribution >= 0.6 is 23.1 Å². The molecule has 1 aliphatic rings. The van der Waals surface area contributed by atoms with Crippen molar-refractivity contribution in [2.24, 2.45) is 4.99 Å². The normalized spacial score (nSPS) is 17.7. The van der Waals surface area contributed by atoms with Crippen molar-refractivity contribution in [3.63, 3.8) is 0 Å². The zero-order chi connectivity index (χ0) is 16.4. The summed E-state index contributed by atoms with van der Waals surface area (Å²) in [6, 6.07) is 5.62. The fourth-order valence-electron chi connectivity index (χ4n) is 2.03. The smallest absolute Gasteiger partial charge is 0.264 e. The van der Waals surface area contributed by atoms with E-state index < -0.39 is 0 Å². The van der Waals surface area contributed by atoms with Crippen LogP contribution in [0.1, 0.15) is 10.4 Å². The van der Waals surface area contributed by atoms with Crippen molar-refractivity contribution < 1.29 is 9.53 Å². The lowest BCUT2D eigenvalue weighted by molar-refractivity contribution is -0.115. The number of anilines is 1. The first kappa shape index (κ1) is 15.6. The second-order valence-electron chi connectivity index (χ2n) is 4.69. The highest BCUT2D eigenvalue weighted by Crippen LogP contribution is 2.32. The molecule has 118 valence electrons. The molecular formula is C15H14N4O2S2. The number of hydrogen-bond donors (Lipinski definition) is 2. The largest absolute Gasteiger partial charge is 0.496 e. The molecule has 3 N–H and O–H groups in total. The minimum Gasteiger partial charge on any atom is -0.496 e. The van der Waals surface area contributed by atoms with Gasteiger partial charge in [-0.15, -0.1) is 0 Å². The second kappa shape index (κ2) is 6.43. The zero-order valence-corrected chi connectivity index (χ0v) is 14.1. The summed E-state index contributed by atoms with van der Waals surface area (Å²) >= 11 is 2.62. The molecule has 0 saturated carbocycles. The molecule has 3 rings (SSSR count). The van der Waals surface area contributed by atoms with Gasteiger partial charge in [-0.25, -0.2) is 9.98 Å². The van der Waals surface area contributed by atoms with Crippen molar-refractivity contribution in [3.8, 4) is 5.75 Å². The number of carbonyl (C=O) groups excluding carboxylic acids is 1. The number of aromatic nitrogens is 1. The van der Waals surface area contributed by atoms with Gasteiger partial charge in [0.1, 0.15) is 5.75 Å². The van der Waals surface area contributed by atoms with Gasteiger partial charge < -0.3 is 15.8 Å². The Morgan fingerprint density at radius 1 is 1.43 bits per heavy atom. The molecule has 0 spiro atoms. The maximum Gasteiger partial charge on any atom is 0.264 e. The standard InChI is InChI=1S/C15H14N4O2S2/c1-8-10(4-3-5-11(8)21-2)18-15-19-13(20)12(23-15)6-9-7-17-14(16)22-9/h3-7H,1-2H3,(H2,16,17)(H,18,19,20)/b12-6-. The zero-order valence-electron chi connectivity index (χ0n) is 12.5. The summed E-state index contributed by atoms with van der Waals surface area (Å²) in [6.45, 7) is 1.93. The molecule has 23 heavy (non-hydrogen) atoms. The van der Waals surface area contributed by atoms with Gasteiger partial charge in [-0.1, -0.05) is 17.4 Å². The quantitative estimate of drug-likeness (QED) is 0.834. The Morgan fingerprint density at radius 3 is 2.96 bits per heavy atom. The highest BCUT2D eigenvalue weighted by atomic mass is 32.2. The number of ether oxygens (including phenoxy) is 1. The third kappa shape index (κ3) is 3.38. The second-order valence-corrected chi connectivity index (χ2v) is 6.81. The number of amides is 1. The first-order valence-corrected chi connectivity index (χ1v) is 8.34. The van der Waals surface area contributed by atoms with Gasteiger partial charge in [-0.2, -0.15) is 0 Å². The molecule has 1 aliphatic heterocycles. The summed E-state index contributed by atoms with van der Waals surface area (Å²) in [4.78, 5) is 21.9. The Bertz CT molecular complexity index is 827. The van der Waals surface area contributed by atoms with Crippen molar-refractivity contribution in [1.82, 2.24) is 10.3 Å². The molecule has 1 fully saturated rings. The van der Waals surface area contributed by atoms with Crippen LogP contribution < -0.4 is 15.8 Å². The summed E-state index contributed by atoms with van der Waals surface area (Å²) in [5.41, 5.74) is 7.28. The minimum atomic E-state index is -0.179. The maximum atomic E-state index is 12.0. The van der Waals surface area contributed by atoms with Gasteiger partial charge >= 0.3 is 0 Å². The number of rotatable bonds is 3. The molecule has 0 aliphatic carbocycles. The molecule has 8 heteroatoms. The molecule has 2 aromatic rings. The monoisotopic (exact) mass is 346 g/mol.